The van der Waals surface area contributed by atoms with E-state index in [4.69, 9.17) is 14.2 Å². The predicted octanol–water partition coefficient (Wildman–Crippen LogP) is 35.0. The number of hydrogen-bond acceptors (Lipinski definition) is 6. The van der Waals surface area contributed by atoms with Gasteiger partial charge in [-0.15, -0.1) is 0 Å². The normalized spacial score (nSPS) is 12.1. The van der Waals surface area contributed by atoms with E-state index in [1.54, 1.807) is 0 Å². The molecule has 3 aliphatic rings. The molecule has 26 aromatic carbocycles. The molecule has 0 bridgehead atoms. The summed E-state index contributed by atoms with van der Waals surface area (Å²) in [4.78, 5) is 0. The molecule has 0 fully saturated rings. The summed E-state index contributed by atoms with van der Waals surface area (Å²) in [6, 6.07) is 156. The first kappa shape index (κ1) is 74.9. The number of hydrogen-bond donors (Lipinski definition) is 0. The lowest BCUT2D eigenvalue weighted by molar-refractivity contribution is 0.486. The second kappa shape index (κ2) is 29.4. The topological polar surface area (TPSA) is 99.1 Å². The van der Waals surface area contributed by atoms with Gasteiger partial charge in [-0.1, -0.05) is 340 Å². The fraction of sp³-hybridized carbons (Fsp3) is 0. The summed E-state index contributed by atoms with van der Waals surface area (Å²) in [7, 11) is 0. The third-order valence-electron chi connectivity index (χ3n) is 28.2. The van der Waals surface area contributed by atoms with E-state index < -0.39 is 0 Å². The number of ether oxygens (including phenoxy) is 3. The Balaban J connectivity index is 0.000000102. The third-order valence-corrected chi connectivity index (χ3v) is 28.2. The molecule has 0 aromatic heterocycles. The van der Waals surface area contributed by atoms with E-state index in [0.29, 0.717) is 16.7 Å². The van der Waals surface area contributed by atoms with Crippen LogP contribution in [0.1, 0.15) is 16.7 Å². The average Bonchev–Trinajstić information content (AvgIpc) is 0.725. The summed E-state index contributed by atoms with van der Waals surface area (Å²) in [5.74, 6) is 4.74. The smallest absolute Gasteiger partial charge is 0.136 e. The van der Waals surface area contributed by atoms with Crippen LogP contribution in [-0.2, 0) is 0 Å². The van der Waals surface area contributed by atoms with Crippen molar-refractivity contribution < 1.29 is 14.2 Å². The molecular formula is C127H69N3O3. The molecule has 0 spiro atoms. The van der Waals surface area contributed by atoms with Gasteiger partial charge in [0.1, 0.15) is 34.5 Å². The Labute approximate surface area is 764 Å². The van der Waals surface area contributed by atoms with E-state index in [1.807, 2.05) is 84.9 Å². The summed E-state index contributed by atoms with van der Waals surface area (Å²) in [5, 5.41) is 60.6. The van der Waals surface area contributed by atoms with Crippen molar-refractivity contribution in [3.63, 3.8) is 0 Å². The highest BCUT2D eigenvalue weighted by Gasteiger charge is 2.29. The van der Waals surface area contributed by atoms with Crippen LogP contribution in [0, 0.1) is 34.0 Å². The predicted molar refractivity (Wildman–Crippen MR) is 549 cm³/mol. The Morgan fingerprint density at radius 1 is 0.143 bits per heavy atom. The van der Waals surface area contributed by atoms with Crippen LogP contribution in [0.3, 0.4) is 0 Å². The first-order chi connectivity index (χ1) is 65.8. The molecular weight excluding hydrogens is 1620 g/mol. The Morgan fingerprint density at radius 3 is 0.917 bits per heavy atom. The monoisotopic (exact) mass is 1680 g/mol. The average molecular weight is 1680 g/mol. The van der Waals surface area contributed by atoms with Gasteiger partial charge in [0.25, 0.3) is 0 Å². The van der Waals surface area contributed by atoms with Gasteiger partial charge in [-0.2, -0.15) is 15.8 Å². The zero-order valence-corrected chi connectivity index (χ0v) is 71.4. The second-order valence-corrected chi connectivity index (χ2v) is 35.1. The van der Waals surface area contributed by atoms with Gasteiger partial charge in [-0.25, -0.2) is 0 Å². The van der Waals surface area contributed by atoms with Crippen LogP contribution in [0.4, 0.5) is 0 Å². The molecule has 3 aliphatic heterocycles. The van der Waals surface area contributed by atoms with Gasteiger partial charge >= 0.3 is 0 Å². The fourth-order valence-corrected chi connectivity index (χ4v) is 22.0. The molecule has 6 heteroatoms. The highest BCUT2D eigenvalue weighted by atomic mass is 16.5. The number of rotatable bonds is 7. The van der Waals surface area contributed by atoms with E-state index in [-0.39, 0.29) is 0 Å². The van der Waals surface area contributed by atoms with Gasteiger partial charge in [-0.3, -0.25) is 0 Å². The lowest BCUT2D eigenvalue weighted by atomic mass is 9.86. The molecule has 26 aromatic rings. The van der Waals surface area contributed by atoms with Gasteiger partial charge in [-0.05, 0) is 292 Å². The van der Waals surface area contributed by atoms with E-state index in [1.165, 1.54) is 174 Å². The van der Waals surface area contributed by atoms with Crippen LogP contribution in [0.2, 0.25) is 0 Å². The maximum absolute atomic E-state index is 9.75. The molecule has 6 nitrogen and oxygen atoms in total. The highest BCUT2D eigenvalue weighted by Crippen LogP contribution is 2.55. The number of nitrogens with zero attached hydrogens (tertiary/aromatic N) is 3. The van der Waals surface area contributed by atoms with Crippen molar-refractivity contribution in [3.05, 3.63) is 435 Å². The van der Waals surface area contributed by atoms with Gasteiger partial charge in [0.15, 0.2) is 0 Å². The summed E-state index contributed by atoms with van der Waals surface area (Å²) < 4.78 is 19.0. The van der Waals surface area contributed by atoms with Crippen LogP contribution in [0.15, 0.2) is 419 Å². The van der Waals surface area contributed by atoms with Crippen LogP contribution in [0.25, 0.3) is 251 Å². The largest absolute Gasteiger partial charge is 0.456 e. The molecule has 3 heterocycles. The van der Waals surface area contributed by atoms with E-state index in [2.05, 4.69) is 352 Å². The molecule has 0 atom stereocenters. The van der Waals surface area contributed by atoms with E-state index in [9.17, 15) is 15.8 Å². The minimum atomic E-state index is 0.595. The zero-order chi connectivity index (χ0) is 87.8. The molecule has 0 saturated carbocycles. The van der Waals surface area contributed by atoms with Gasteiger partial charge in [0.2, 0.25) is 0 Å². The minimum absolute atomic E-state index is 0.595. The number of benzene rings is 26. The fourth-order valence-electron chi connectivity index (χ4n) is 22.0. The lowest BCUT2D eigenvalue weighted by Crippen LogP contribution is -1.98. The molecule has 0 unspecified atom stereocenters. The summed E-state index contributed by atoms with van der Waals surface area (Å²) in [5.41, 5.74) is 25.2. The Bertz CT molecular complexity index is 9630. The highest BCUT2D eigenvalue weighted by molar-refractivity contribution is 6.31. The molecule has 0 saturated heterocycles. The Hall–Kier alpha value is -18.3. The molecule has 0 radical (unpaired) electrons. The van der Waals surface area contributed by atoms with Crippen LogP contribution >= 0.6 is 0 Å². The molecule has 0 aliphatic carbocycles. The maximum atomic E-state index is 9.75. The van der Waals surface area contributed by atoms with Crippen LogP contribution < -0.4 is 14.2 Å². The van der Waals surface area contributed by atoms with Crippen molar-refractivity contribution in [2.24, 2.45) is 0 Å². The second-order valence-electron chi connectivity index (χ2n) is 35.1. The summed E-state index contributed by atoms with van der Waals surface area (Å²) in [6.45, 7) is 0. The SMILES string of the molecule is N#Cc1ccc2c(c1)Oc1cccc3c(-c4ccc(-c5ccc6ccc7c(-c8ccccc8)ccc8ccc5c6c87)cc4)ccc-2c13.N#Cc1ccc2c(c1)Oc1cccc3c(-c4ccc(-c5ccc6ccc7cccc8ccc5c6c78)cc4)ccc-2c13.N#Cc1ccc2c3c(cccc13)-c1cc(-c3ccc4ccc5c(-c6ccc7ccccc7c6)ccc6ccc3c4c65)ccc1O2. The van der Waals surface area contributed by atoms with E-state index >= 15 is 0 Å². The molecule has 610 valence electrons. The standard InChI is InChI=1S/C45H25NO.C43H23NO.C39H21NO/c46-26-27-9-18-36-40-24-23-35(37-7-4-8-41(45(37)40)47-42(36)25-27)30-12-10-29(11-13-30)34-20-15-32-16-21-38-33(28-5-2-1-3-6-28)19-14-31-17-22-39(34)44(32)43(31)38;44-24-31-15-21-40-43-34(31)6-3-7-35(43)38-23-30(14-20-39(38)45-40)33-17-11-27-12-18-36-32(16-10-26-13-19-37(33)42(27)41(26)36)29-9-8-25-4-1-2-5-28(25)22-29;40-22-23-7-16-31-34-20-19-30(32-5-2-6-35(39(32)34)41-36(31)21-23)25-10-8-24(9-11-25)29-17-14-28-13-12-26-3-1-4-27-15-18-33(29)38(28)37(26)27/h1-25H;1-23H;1-21H. The third kappa shape index (κ3) is 11.7. The summed E-state index contributed by atoms with van der Waals surface area (Å²) in [6.07, 6.45) is 0. The minimum Gasteiger partial charge on any atom is -0.456 e. The zero-order valence-electron chi connectivity index (χ0n) is 71.4. The van der Waals surface area contributed by atoms with E-state index in [0.717, 1.165) is 111 Å². The molecule has 0 amide bonds. The van der Waals surface area contributed by atoms with Crippen molar-refractivity contribution in [3.8, 4) is 164 Å². The number of fused-ring (bicyclic) bond motifs is 7. The quantitative estimate of drug-likeness (QED) is 0.147. The van der Waals surface area contributed by atoms with Crippen molar-refractivity contribution in [1.82, 2.24) is 0 Å². The van der Waals surface area contributed by atoms with Crippen molar-refractivity contribution in [1.29, 1.82) is 15.8 Å². The summed E-state index contributed by atoms with van der Waals surface area (Å²) >= 11 is 0. The Morgan fingerprint density at radius 2 is 0.444 bits per heavy atom. The molecule has 0 N–H and O–H groups in total. The van der Waals surface area contributed by atoms with Crippen LogP contribution in [-0.4, -0.2) is 0 Å². The first-order valence-electron chi connectivity index (χ1n) is 45.0. The Kier molecular flexibility index (Phi) is 16.6. The first-order valence-corrected chi connectivity index (χ1v) is 45.0. The molecule has 29 rings (SSSR count). The van der Waals surface area contributed by atoms with Crippen molar-refractivity contribution in [2.75, 3.05) is 0 Å². The molecule has 133 heavy (non-hydrogen) atoms. The van der Waals surface area contributed by atoms with Crippen molar-refractivity contribution in [2.45, 2.75) is 0 Å². The van der Waals surface area contributed by atoms with Gasteiger partial charge in [0, 0.05) is 38.2 Å². The lowest BCUT2D eigenvalue weighted by Gasteiger charge is -2.23. The maximum Gasteiger partial charge on any atom is 0.136 e. The number of nitriles is 3. The van der Waals surface area contributed by atoms with Crippen molar-refractivity contribution >= 4 is 140 Å². The van der Waals surface area contributed by atoms with Gasteiger partial charge in [0.05, 0.1) is 34.9 Å². The van der Waals surface area contributed by atoms with Gasteiger partial charge < -0.3 is 14.2 Å². The van der Waals surface area contributed by atoms with Crippen LogP contribution in [0.5, 0.6) is 34.5 Å².